The molecular formula is C21H38ClN3O4. The summed E-state index contributed by atoms with van der Waals surface area (Å²) in [6.45, 7) is 12.0. The average molecular weight is 432 g/mol. The third-order valence-electron chi connectivity index (χ3n) is 5.26. The monoisotopic (exact) mass is 431 g/mol. The summed E-state index contributed by atoms with van der Waals surface area (Å²) in [5, 5.41) is 15.4. The van der Waals surface area contributed by atoms with Crippen molar-refractivity contribution in [2.45, 2.75) is 78.9 Å². The van der Waals surface area contributed by atoms with Gasteiger partial charge in [-0.2, -0.15) is 0 Å². The van der Waals surface area contributed by atoms with Crippen molar-refractivity contribution in [1.29, 1.82) is 0 Å². The number of likely N-dealkylation sites (N-methyl/N-ethyl adjacent to an activating group) is 1. The van der Waals surface area contributed by atoms with Gasteiger partial charge in [0.2, 0.25) is 11.8 Å². The van der Waals surface area contributed by atoms with Gasteiger partial charge < -0.3 is 20.6 Å². The number of halogens is 1. The predicted octanol–water partition coefficient (Wildman–Crippen LogP) is 2.60. The number of nitrogens with one attached hydrogen (secondary N) is 2. The Morgan fingerprint density at radius 2 is 1.79 bits per heavy atom. The molecule has 1 rings (SSSR count). The zero-order valence-electron chi connectivity index (χ0n) is 18.7. The number of hydrogen-bond donors (Lipinski definition) is 3. The largest absolute Gasteiger partial charge is 0.478 e. The number of rotatable bonds is 7. The molecule has 1 aliphatic rings. The van der Waals surface area contributed by atoms with Crippen molar-refractivity contribution in [2.24, 2.45) is 11.3 Å². The minimum atomic E-state index is -1.00. The number of amides is 2. The van der Waals surface area contributed by atoms with Crippen LogP contribution in [-0.4, -0.2) is 59.5 Å². The molecule has 0 unspecified atom stereocenters. The van der Waals surface area contributed by atoms with E-state index in [1.807, 2.05) is 34.6 Å². The van der Waals surface area contributed by atoms with E-state index in [1.165, 1.54) is 6.92 Å². The van der Waals surface area contributed by atoms with E-state index in [2.05, 4.69) is 10.6 Å². The highest BCUT2D eigenvalue weighted by molar-refractivity contribution is 5.91. The number of nitrogens with zero attached hydrogens (tertiary/aromatic N) is 1. The van der Waals surface area contributed by atoms with Gasteiger partial charge in [-0.25, -0.2) is 4.79 Å². The van der Waals surface area contributed by atoms with Crippen LogP contribution in [0.15, 0.2) is 11.6 Å². The summed E-state index contributed by atoms with van der Waals surface area (Å²) in [6.07, 6.45) is 4.42. The molecule has 8 heteroatoms. The van der Waals surface area contributed by atoms with Crippen LogP contribution < -0.4 is 10.6 Å². The Kier molecular flexibility index (Phi) is 10.9. The van der Waals surface area contributed by atoms with E-state index in [1.54, 1.807) is 18.0 Å². The molecule has 2 amide bonds. The zero-order valence-corrected chi connectivity index (χ0v) is 19.6. The number of aliphatic carboxylic acids is 1. The van der Waals surface area contributed by atoms with Crippen LogP contribution in [0, 0.1) is 11.3 Å². The lowest BCUT2D eigenvalue weighted by atomic mass is 9.84. The van der Waals surface area contributed by atoms with Crippen molar-refractivity contribution in [3.05, 3.63) is 11.6 Å². The Bertz CT molecular complexity index is 608. The van der Waals surface area contributed by atoms with Crippen molar-refractivity contribution in [1.82, 2.24) is 15.5 Å². The van der Waals surface area contributed by atoms with E-state index in [9.17, 15) is 19.5 Å². The van der Waals surface area contributed by atoms with E-state index < -0.39 is 17.4 Å². The van der Waals surface area contributed by atoms with E-state index in [0.717, 1.165) is 25.8 Å². The molecule has 0 aromatic rings. The van der Waals surface area contributed by atoms with E-state index in [-0.39, 0.29) is 47.8 Å². The first-order chi connectivity index (χ1) is 12.9. The van der Waals surface area contributed by atoms with Gasteiger partial charge in [0.25, 0.3) is 0 Å². The summed E-state index contributed by atoms with van der Waals surface area (Å²) in [5.74, 6) is -1.35. The van der Waals surface area contributed by atoms with Crippen LogP contribution in [0.2, 0.25) is 0 Å². The fourth-order valence-corrected chi connectivity index (χ4v) is 3.40. The highest BCUT2D eigenvalue weighted by Crippen LogP contribution is 2.24. The van der Waals surface area contributed by atoms with Gasteiger partial charge in [0, 0.05) is 12.6 Å². The summed E-state index contributed by atoms with van der Waals surface area (Å²) in [4.78, 5) is 38.8. The van der Waals surface area contributed by atoms with Crippen LogP contribution >= 0.6 is 12.4 Å². The van der Waals surface area contributed by atoms with Crippen molar-refractivity contribution >= 4 is 30.2 Å². The Morgan fingerprint density at radius 1 is 1.21 bits per heavy atom. The van der Waals surface area contributed by atoms with E-state index in [4.69, 9.17) is 0 Å². The Labute approximate surface area is 181 Å². The molecule has 0 aromatic carbocycles. The maximum Gasteiger partial charge on any atom is 0.331 e. The number of carboxylic acids is 1. The Hall–Kier alpha value is -1.60. The smallest absolute Gasteiger partial charge is 0.331 e. The van der Waals surface area contributed by atoms with Gasteiger partial charge in [-0.05, 0) is 37.6 Å². The van der Waals surface area contributed by atoms with E-state index in [0.29, 0.717) is 0 Å². The topological polar surface area (TPSA) is 98.7 Å². The first-order valence-electron chi connectivity index (χ1n) is 10.1. The van der Waals surface area contributed by atoms with Crippen molar-refractivity contribution in [3.63, 3.8) is 0 Å². The number of piperidine rings is 1. The molecule has 0 spiro atoms. The Morgan fingerprint density at radius 3 is 2.21 bits per heavy atom. The molecule has 0 saturated carbocycles. The molecule has 0 aliphatic carbocycles. The van der Waals surface area contributed by atoms with Gasteiger partial charge in [-0.3, -0.25) is 9.59 Å². The second-order valence-electron chi connectivity index (χ2n) is 9.15. The van der Waals surface area contributed by atoms with E-state index >= 15 is 0 Å². The summed E-state index contributed by atoms with van der Waals surface area (Å²) in [6, 6.07) is -1.35. The zero-order chi connectivity index (χ0) is 21.6. The molecular weight excluding hydrogens is 394 g/mol. The Balaban J connectivity index is 0.00000784. The lowest BCUT2D eigenvalue weighted by Crippen LogP contribution is -2.59. The molecule has 1 aliphatic heterocycles. The van der Waals surface area contributed by atoms with Gasteiger partial charge >= 0.3 is 5.97 Å². The molecule has 3 N–H and O–H groups in total. The fraction of sp³-hybridized carbons (Fsp3) is 0.762. The SMILES string of the molecule is C/C(=C\[C@H](C(C)C)N(C)C(=O)[C@@H](NC(=O)[C@@H]1CCCCN1)C(C)(C)C)C(=O)O.Cl. The number of carbonyl (C=O) groups is 3. The van der Waals surface area contributed by atoms with Gasteiger partial charge in [0.15, 0.2) is 0 Å². The molecule has 1 fully saturated rings. The summed E-state index contributed by atoms with van der Waals surface area (Å²) >= 11 is 0. The minimum absolute atomic E-state index is 0. The molecule has 168 valence electrons. The molecule has 1 heterocycles. The van der Waals surface area contributed by atoms with Crippen LogP contribution in [0.1, 0.15) is 60.8 Å². The highest BCUT2D eigenvalue weighted by atomic mass is 35.5. The molecule has 3 atom stereocenters. The standard InChI is InChI=1S/C21H37N3O4.ClH/c1-13(2)16(12-14(3)20(27)28)24(7)19(26)17(21(4,5)6)23-18(25)15-10-8-9-11-22-15;/h12-13,15-17,22H,8-11H2,1-7H3,(H,23,25)(H,27,28);1H/b14-12+;/t15-,16+,17+;/m0./s1. The van der Waals surface area contributed by atoms with Gasteiger partial charge in [-0.15, -0.1) is 12.4 Å². The predicted molar refractivity (Wildman–Crippen MR) is 117 cm³/mol. The van der Waals surface area contributed by atoms with Crippen LogP contribution in [0.3, 0.4) is 0 Å². The molecule has 0 bridgehead atoms. The lowest BCUT2D eigenvalue weighted by Gasteiger charge is -2.38. The molecule has 29 heavy (non-hydrogen) atoms. The third-order valence-corrected chi connectivity index (χ3v) is 5.26. The maximum atomic E-state index is 13.3. The van der Waals surface area contributed by atoms with Crippen LogP contribution in [0.4, 0.5) is 0 Å². The third kappa shape index (κ3) is 7.97. The van der Waals surface area contributed by atoms with Crippen LogP contribution in [0.25, 0.3) is 0 Å². The molecule has 0 radical (unpaired) electrons. The average Bonchev–Trinajstić information content (AvgIpc) is 2.61. The highest BCUT2D eigenvalue weighted by Gasteiger charge is 2.38. The maximum absolute atomic E-state index is 13.3. The second-order valence-corrected chi connectivity index (χ2v) is 9.15. The lowest BCUT2D eigenvalue weighted by molar-refractivity contribution is -0.140. The fourth-order valence-electron chi connectivity index (χ4n) is 3.40. The van der Waals surface area contributed by atoms with Gasteiger partial charge in [0.1, 0.15) is 6.04 Å². The number of hydrogen-bond acceptors (Lipinski definition) is 4. The van der Waals surface area contributed by atoms with Crippen molar-refractivity contribution in [3.8, 4) is 0 Å². The number of carboxylic acid groups (broad SMARTS) is 1. The van der Waals surface area contributed by atoms with Crippen molar-refractivity contribution < 1.29 is 19.5 Å². The quantitative estimate of drug-likeness (QED) is 0.538. The summed E-state index contributed by atoms with van der Waals surface area (Å²) < 4.78 is 0. The summed E-state index contributed by atoms with van der Waals surface area (Å²) in [7, 11) is 1.67. The first kappa shape index (κ1) is 27.4. The molecule has 7 nitrogen and oxygen atoms in total. The van der Waals surface area contributed by atoms with Crippen LogP contribution in [0.5, 0.6) is 0 Å². The first-order valence-corrected chi connectivity index (χ1v) is 10.1. The second kappa shape index (κ2) is 11.6. The summed E-state index contributed by atoms with van der Waals surface area (Å²) in [5.41, 5.74) is -0.288. The number of carbonyl (C=O) groups excluding carboxylic acids is 2. The normalized spacial score (nSPS) is 19.7. The minimum Gasteiger partial charge on any atom is -0.478 e. The molecule has 1 saturated heterocycles. The van der Waals surface area contributed by atoms with Gasteiger partial charge in [-0.1, -0.05) is 47.1 Å². The van der Waals surface area contributed by atoms with Gasteiger partial charge in [0.05, 0.1) is 12.1 Å². The van der Waals surface area contributed by atoms with Crippen molar-refractivity contribution in [2.75, 3.05) is 13.6 Å². The van der Waals surface area contributed by atoms with Crippen LogP contribution in [-0.2, 0) is 14.4 Å². The molecule has 0 aromatic heterocycles.